The van der Waals surface area contributed by atoms with E-state index in [4.69, 9.17) is 4.74 Å². The Bertz CT molecular complexity index is 1580. The third-order valence-corrected chi connectivity index (χ3v) is 7.59. The summed E-state index contributed by atoms with van der Waals surface area (Å²) >= 11 is 1.27. The van der Waals surface area contributed by atoms with Gasteiger partial charge in [-0.1, -0.05) is 11.3 Å². The van der Waals surface area contributed by atoms with Crippen molar-refractivity contribution < 1.29 is 13.9 Å². The van der Waals surface area contributed by atoms with Gasteiger partial charge in [0.15, 0.2) is 0 Å². The van der Waals surface area contributed by atoms with E-state index in [2.05, 4.69) is 10.4 Å². The molecular weight excluding hydrogens is 497 g/mol. The number of thiophene rings is 1. The van der Waals surface area contributed by atoms with E-state index in [1.165, 1.54) is 41.2 Å². The number of halogens is 1. The fraction of sp³-hybridized carbons (Fsp3) is 0.385. The maximum Gasteiger partial charge on any atom is 0.333 e. The number of carbonyl (C=O) groups is 1. The highest BCUT2D eigenvalue weighted by Crippen LogP contribution is 2.31. The molecule has 0 saturated heterocycles. The summed E-state index contributed by atoms with van der Waals surface area (Å²) < 4.78 is 23.5. The highest BCUT2D eigenvalue weighted by Gasteiger charge is 2.35. The van der Waals surface area contributed by atoms with Gasteiger partial charge in [0.1, 0.15) is 26.9 Å². The molecule has 3 aromatic heterocycles. The number of hydrogen-bond acceptors (Lipinski definition) is 6. The molecule has 0 atom stereocenters. The second-order valence-electron chi connectivity index (χ2n) is 9.63. The van der Waals surface area contributed by atoms with Gasteiger partial charge in [0, 0.05) is 30.5 Å². The molecule has 11 heteroatoms. The van der Waals surface area contributed by atoms with E-state index in [-0.39, 0.29) is 19.0 Å². The molecule has 37 heavy (non-hydrogen) atoms. The molecule has 0 spiro atoms. The van der Waals surface area contributed by atoms with Crippen molar-refractivity contribution in [3.8, 4) is 10.8 Å². The van der Waals surface area contributed by atoms with Gasteiger partial charge in [-0.05, 0) is 70.9 Å². The van der Waals surface area contributed by atoms with Crippen LogP contribution in [0.2, 0.25) is 0 Å². The molecule has 0 bridgehead atoms. The van der Waals surface area contributed by atoms with E-state index in [0.717, 1.165) is 4.57 Å². The van der Waals surface area contributed by atoms with E-state index in [0.29, 0.717) is 32.1 Å². The lowest BCUT2D eigenvalue weighted by Crippen LogP contribution is -2.56. The van der Waals surface area contributed by atoms with Crippen molar-refractivity contribution in [3.05, 3.63) is 74.4 Å². The summed E-state index contributed by atoms with van der Waals surface area (Å²) in [5.74, 6) is -0.368. The first-order valence-corrected chi connectivity index (χ1v) is 12.7. The van der Waals surface area contributed by atoms with Crippen LogP contribution in [0.15, 0.2) is 46.2 Å². The van der Waals surface area contributed by atoms with Gasteiger partial charge in [0.2, 0.25) is 5.91 Å². The number of methoxy groups -OCH3 is 1. The summed E-state index contributed by atoms with van der Waals surface area (Å²) in [6.45, 7) is 8.65. The van der Waals surface area contributed by atoms with Gasteiger partial charge >= 0.3 is 5.69 Å². The number of aromatic nitrogens is 4. The van der Waals surface area contributed by atoms with Gasteiger partial charge in [0.25, 0.3) is 5.56 Å². The average Bonchev–Trinajstić information content (AvgIpc) is 3.46. The molecule has 1 amide bonds. The van der Waals surface area contributed by atoms with Crippen molar-refractivity contribution in [2.24, 2.45) is 0 Å². The van der Waals surface area contributed by atoms with Crippen molar-refractivity contribution in [1.29, 1.82) is 0 Å². The Morgan fingerprint density at radius 3 is 2.62 bits per heavy atom. The summed E-state index contributed by atoms with van der Waals surface area (Å²) in [4.78, 5) is 41.3. The predicted octanol–water partition coefficient (Wildman–Crippen LogP) is 3.37. The highest BCUT2D eigenvalue weighted by atomic mass is 32.1. The maximum absolute atomic E-state index is 14.0. The number of rotatable bonds is 8. The van der Waals surface area contributed by atoms with Crippen LogP contribution in [-0.4, -0.2) is 38.0 Å². The van der Waals surface area contributed by atoms with Crippen LogP contribution in [0.5, 0.6) is 5.75 Å². The van der Waals surface area contributed by atoms with Crippen LogP contribution in [0, 0.1) is 12.7 Å². The Morgan fingerprint density at radius 1 is 1.27 bits per heavy atom. The Balaban J connectivity index is 1.97. The fourth-order valence-corrected chi connectivity index (χ4v) is 5.61. The summed E-state index contributed by atoms with van der Waals surface area (Å²) in [5, 5.41) is 8.13. The first kappa shape index (κ1) is 26.3. The molecule has 0 saturated carbocycles. The Hall–Kier alpha value is -3.73. The molecule has 0 aliphatic rings. The molecule has 0 radical (unpaired) electrons. The van der Waals surface area contributed by atoms with Crippen molar-refractivity contribution in [1.82, 2.24) is 24.2 Å². The molecule has 0 fully saturated rings. The minimum absolute atomic E-state index is 0.135. The highest BCUT2D eigenvalue weighted by molar-refractivity contribution is 7.21. The van der Waals surface area contributed by atoms with Gasteiger partial charge in [-0.25, -0.2) is 18.4 Å². The van der Waals surface area contributed by atoms with Crippen LogP contribution in [0.1, 0.15) is 38.8 Å². The quantitative estimate of drug-likeness (QED) is 0.379. The summed E-state index contributed by atoms with van der Waals surface area (Å²) in [5.41, 5.74) is -1.40. The van der Waals surface area contributed by atoms with Gasteiger partial charge in [-0.2, -0.15) is 5.10 Å². The summed E-state index contributed by atoms with van der Waals surface area (Å²) in [7, 11) is 1.50. The van der Waals surface area contributed by atoms with Crippen LogP contribution in [0.3, 0.4) is 0 Å². The van der Waals surface area contributed by atoms with Crippen LogP contribution in [-0.2, 0) is 23.3 Å². The zero-order valence-electron chi connectivity index (χ0n) is 21.7. The number of fused-ring (bicyclic) bond motifs is 1. The lowest BCUT2D eigenvalue weighted by atomic mass is 10.0. The molecular formula is C26H30FN5O4S. The summed E-state index contributed by atoms with van der Waals surface area (Å²) in [6, 6.07) is 5.80. The topological polar surface area (TPSA) is 100 Å². The standard InChI is InChI=1S/C26H30FN5O4S/c1-15(2)29-24(34)26(4,5)32-21(33)20-16(3)22(31-12-7-11-28-31)37-23(20)30(25(32)35)13-10-17-14-18(27)8-9-19(17)36-6/h7-9,11-12,14-15H,10,13H2,1-6H3,(H,29,34). The minimum Gasteiger partial charge on any atom is -0.496 e. The second-order valence-corrected chi connectivity index (χ2v) is 10.6. The molecule has 196 valence electrons. The monoisotopic (exact) mass is 527 g/mol. The second kappa shape index (κ2) is 9.97. The Kier molecular flexibility index (Phi) is 7.09. The minimum atomic E-state index is -1.47. The number of nitrogens with one attached hydrogen (secondary N) is 1. The van der Waals surface area contributed by atoms with Crippen molar-refractivity contribution in [3.63, 3.8) is 0 Å². The molecule has 9 nitrogen and oxygen atoms in total. The first-order valence-electron chi connectivity index (χ1n) is 11.9. The summed E-state index contributed by atoms with van der Waals surface area (Å²) in [6.07, 6.45) is 3.65. The SMILES string of the molecule is COc1ccc(F)cc1CCn1c(=O)n(C(C)(C)C(=O)NC(C)C)c(=O)c2c(C)c(-n3cccn3)sc21. The molecule has 4 aromatic rings. The third-order valence-electron chi connectivity index (χ3n) is 6.28. The van der Waals surface area contributed by atoms with Gasteiger partial charge in [-0.3, -0.25) is 14.2 Å². The molecule has 3 heterocycles. The number of carbonyl (C=O) groups excluding carboxylic acids is 1. The molecule has 1 aromatic carbocycles. The normalized spacial score (nSPS) is 11.9. The number of amides is 1. The van der Waals surface area contributed by atoms with Crippen molar-refractivity contribution >= 4 is 27.5 Å². The molecule has 1 N–H and O–H groups in total. The molecule has 0 aliphatic heterocycles. The predicted molar refractivity (Wildman–Crippen MR) is 141 cm³/mol. The number of hydrogen-bond donors (Lipinski definition) is 1. The molecule has 4 rings (SSSR count). The van der Waals surface area contributed by atoms with E-state index in [1.54, 1.807) is 43.9 Å². The lowest BCUT2D eigenvalue weighted by molar-refractivity contribution is -0.129. The maximum atomic E-state index is 14.0. The Morgan fingerprint density at radius 2 is 2.00 bits per heavy atom. The van der Waals surface area contributed by atoms with Crippen LogP contribution in [0.4, 0.5) is 4.39 Å². The van der Waals surface area contributed by atoms with Crippen LogP contribution >= 0.6 is 11.3 Å². The number of nitrogens with zero attached hydrogens (tertiary/aromatic N) is 4. The van der Waals surface area contributed by atoms with E-state index in [9.17, 15) is 18.8 Å². The van der Waals surface area contributed by atoms with E-state index in [1.807, 2.05) is 13.8 Å². The molecule has 0 unspecified atom stereocenters. The fourth-order valence-electron chi connectivity index (χ4n) is 4.35. The van der Waals surface area contributed by atoms with Crippen LogP contribution in [0.25, 0.3) is 15.2 Å². The largest absolute Gasteiger partial charge is 0.496 e. The Labute approximate surface area is 217 Å². The zero-order chi connectivity index (χ0) is 27.1. The molecule has 0 aliphatic carbocycles. The third kappa shape index (κ3) is 4.71. The van der Waals surface area contributed by atoms with Gasteiger partial charge < -0.3 is 10.1 Å². The van der Waals surface area contributed by atoms with Crippen molar-refractivity contribution in [2.45, 2.75) is 59.2 Å². The number of ether oxygens (including phenoxy) is 1. The zero-order valence-corrected chi connectivity index (χ0v) is 22.5. The number of benzene rings is 1. The van der Waals surface area contributed by atoms with Gasteiger partial charge in [0.05, 0.1) is 12.5 Å². The van der Waals surface area contributed by atoms with E-state index >= 15 is 0 Å². The average molecular weight is 528 g/mol. The van der Waals surface area contributed by atoms with E-state index < -0.39 is 28.5 Å². The van der Waals surface area contributed by atoms with Crippen LogP contribution < -0.4 is 21.3 Å². The number of aryl methyl sites for hydroxylation is 3. The first-order chi connectivity index (χ1) is 17.5. The van der Waals surface area contributed by atoms with Crippen molar-refractivity contribution in [2.75, 3.05) is 7.11 Å². The smallest absolute Gasteiger partial charge is 0.333 e. The van der Waals surface area contributed by atoms with Gasteiger partial charge in [-0.15, -0.1) is 0 Å². The lowest BCUT2D eigenvalue weighted by Gasteiger charge is -2.27.